The molecule has 0 saturated carbocycles. The number of hydrogen-bond acceptors (Lipinski definition) is 2. The molecule has 1 rings (SSSR count). The second-order valence-corrected chi connectivity index (χ2v) is 7.34. The fourth-order valence-corrected chi connectivity index (χ4v) is 1.65. The maximum Gasteiger partial charge on any atom is 0.334 e. The Kier molecular flexibility index (Phi) is 7.30. The van der Waals surface area contributed by atoms with Gasteiger partial charge in [0, 0.05) is 14.2 Å². The van der Waals surface area contributed by atoms with Crippen LogP contribution in [-0.4, -0.2) is 22.8 Å². The van der Waals surface area contributed by atoms with E-state index in [1.54, 1.807) is 14.2 Å². The summed E-state index contributed by atoms with van der Waals surface area (Å²) >= 11 is 0. The van der Waals surface area contributed by atoms with Crippen molar-refractivity contribution in [1.82, 2.24) is 0 Å². The molecule has 1 aromatic rings. The van der Waals surface area contributed by atoms with E-state index in [-0.39, 0.29) is 0 Å². The Balaban J connectivity index is 0.000000262. The van der Waals surface area contributed by atoms with Crippen LogP contribution in [0, 0.1) is 6.92 Å². The standard InChI is InChI=1S/C7H8.C5H14O2Si/c1-7-5-3-2-4-6-7;1-5-8(4,6-2)7-3/h2-6H,1H3;5H2,1-4H3. The summed E-state index contributed by atoms with van der Waals surface area (Å²) in [6.07, 6.45) is 0. The summed E-state index contributed by atoms with van der Waals surface area (Å²) in [7, 11) is 1.74. The summed E-state index contributed by atoms with van der Waals surface area (Å²) in [6.45, 7) is 6.21. The highest BCUT2D eigenvalue weighted by atomic mass is 28.4. The van der Waals surface area contributed by atoms with Crippen molar-refractivity contribution in [2.45, 2.75) is 26.4 Å². The van der Waals surface area contributed by atoms with E-state index < -0.39 is 8.56 Å². The first kappa shape index (κ1) is 14.4. The van der Waals surface area contributed by atoms with E-state index in [1.807, 2.05) is 24.7 Å². The van der Waals surface area contributed by atoms with E-state index in [2.05, 4.69) is 26.0 Å². The monoisotopic (exact) mass is 226 g/mol. The van der Waals surface area contributed by atoms with Crippen LogP contribution in [0.25, 0.3) is 0 Å². The van der Waals surface area contributed by atoms with Gasteiger partial charge in [-0.05, 0) is 19.5 Å². The Morgan fingerprint density at radius 3 is 1.67 bits per heavy atom. The lowest BCUT2D eigenvalue weighted by molar-refractivity contribution is 0.251. The zero-order valence-electron chi connectivity index (χ0n) is 10.4. The van der Waals surface area contributed by atoms with Crippen molar-refractivity contribution in [2.24, 2.45) is 0 Å². The first-order chi connectivity index (χ1) is 7.08. The van der Waals surface area contributed by atoms with Gasteiger partial charge in [0.1, 0.15) is 0 Å². The number of aryl methyl sites for hydroxylation is 1. The predicted molar refractivity (Wildman–Crippen MR) is 67.3 cm³/mol. The molecule has 0 aliphatic carbocycles. The van der Waals surface area contributed by atoms with Crippen LogP contribution in [0.1, 0.15) is 12.5 Å². The molecule has 86 valence electrons. The molecule has 3 heteroatoms. The zero-order chi connectivity index (χ0) is 11.7. The van der Waals surface area contributed by atoms with E-state index in [4.69, 9.17) is 8.85 Å². The van der Waals surface area contributed by atoms with E-state index in [0.29, 0.717) is 0 Å². The van der Waals surface area contributed by atoms with Gasteiger partial charge in [-0.2, -0.15) is 0 Å². The molecule has 0 spiro atoms. The number of benzene rings is 1. The highest BCUT2D eigenvalue weighted by molar-refractivity contribution is 6.65. The molecule has 0 amide bonds. The SMILES string of the molecule is CC[Si](C)(OC)OC.Cc1ccccc1. The van der Waals surface area contributed by atoms with Crippen LogP contribution in [0.4, 0.5) is 0 Å². The van der Waals surface area contributed by atoms with E-state index >= 15 is 0 Å². The Labute approximate surface area is 94.5 Å². The number of rotatable bonds is 3. The highest BCUT2D eigenvalue weighted by Crippen LogP contribution is 2.08. The quantitative estimate of drug-likeness (QED) is 0.736. The van der Waals surface area contributed by atoms with Crippen molar-refractivity contribution >= 4 is 8.56 Å². The van der Waals surface area contributed by atoms with Gasteiger partial charge in [-0.25, -0.2) is 0 Å². The minimum absolute atomic E-state index is 1.01. The van der Waals surface area contributed by atoms with Crippen molar-refractivity contribution in [3.8, 4) is 0 Å². The lowest BCUT2D eigenvalue weighted by Crippen LogP contribution is -2.34. The number of hydrogen-bond donors (Lipinski definition) is 0. The molecule has 0 bridgehead atoms. The molecule has 0 N–H and O–H groups in total. The summed E-state index contributed by atoms with van der Waals surface area (Å²) in [6, 6.07) is 11.3. The topological polar surface area (TPSA) is 18.5 Å². The van der Waals surface area contributed by atoms with Gasteiger partial charge in [0.25, 0.3) is 0 Å². The third-order valence-corrected chi connectivity index (χ3v) is 5.46. The molecule has 15 heavy (non-hydrogen) atoms. The van der Waals surface area contributed by atoms with Crippen LogP contribution in [0.5, 0.6) is 0 Å². The summed E-state index contributed by atoms with van der Waals surface area (Å²) in [5, 5.41) is 0. The Morgan fingerprint density at radius 1 is 1.07 bits per heavy atom. The summed E-state index contributed by atoms with van der Waals surface area (Å²) in [4.78, 5) is 0. The maximum atomic E-state index is 5.15. The molecule has 0 saturated heterocycles. The minimum atomic E-state index is -1.67. The van der Waals surface area contributed by atoms with Crippen LogP contribution < -0.4 is 0 Å². The maximum absolute atomic E-state index is 5.15. The fraction of sp³-hybridized carbons (Fsp3) is 0.500. The minimum Gasteiger partial charge on any atom is -0.398 e. The van der Waals surface area contributed by atoms with Crippen LogP contribution in [0.2, 0.25) is 12.6 Å². The molecule has 0 aliphatic heterocycles. The van der Waals surface area contributed by atoms with E-state index in [1.165, 1.54) is 5.56 Å². The Bertz CT molecular complexity index is 237. The lowest BCUT2D eigenvalue weighted by atomic mass is 10.2. The van der Waals surface area contributed by atoms with Gasteiger partial charge >= 0.3 is 8.56 Å². The van der Waals surface area contributed by atoms with Crippen molar-refractivity contribution in [3.05, 3.63) is 35.9 Å². The van der Waals surface area contributed by atoms with Gasteiger partial charge in [-0.1, -0.05) is 42.8 Å². The van der Waals surface area contributed by atoms with Gasteiger partial charge in [0.05, 0.1) is 0 Å². The third kappa shape index (κ3) is 6.44. The molecule has 0 aliphatic rings. The molecule has 0 heterocycles. The third-order valence-electron chi connectivity index (χ3n) is 2.45. The zero-order valence-corrected chi connectivity index (χ0v) is 11.4. The molecule has 2 nitrogen and oxygen atoms in total. The Hall–Kier alpha value is -0.643. The van der Waals surface area contributed by atoms with Gasteiger partial charge < -0.3 is 8.85 Å². The molecule has 0 aromatic heterocycles. The van der Waals surface area contributed by atoms with Crippen molar-refractivity contribution in [2.75, 3.05) is 14.2 Å². The first-order valence-electron chi connectivity index (χ1n) is 5.20. The highest BCUT2D eigenvalue weighted by Gasteiger charge is 2.24. The average Bonchev–Trinajstić information content (AvgIpc) is 2.30. The van der Waals surface area contributed by atoms with Crippen LogP contribution >= 0.6 is 0 Å². The first-order valence-corrected chi connectivity index (χ1v) is 7.72. The fourth-order valence-electron chi connectivity index (χ4n) is 0.906. The Morgan fingerprint density at radius 2 is 1.53 bits per heavy atom. The average molecular weight is 226 g/mol. The lowest BCUT2D eigenvalue weighted by Gasteiger charge is -2.19. The van der Waals surface area contributed by atoms with Crippen molar-refractivity contribution < 1.29 is 8.85 Å². The second-order valence-electron chi connectivity index (χ2n) is 3.55. The molecule has 0 radical (unpaired) electrons. The summed E-state index contributed by atoms with van der Waals surface area (Å²) in [5.74, 6) is 0. The molecule has 0 unspecified atom stereocenters. The van der Waals surface area contributed by atoms with Crippen molar-refractivity contribution in [3.63, 3.8) is 0 Å². The van der Waals surface area contributed by atoms with Crippen LogP contribution in [0.15, 0.2) is 30.3 Å². The predicted octanol–water partition coefficient (Wildman–Crippen LogP) is 3.37. The van der Waals surface area contributed by atoms with E-state index in [9.17, 15) is 0 Å². The molecular weight excluding hydrogens is 204 g/mol. The van der Waals surface area contributed by atoms with Crippen LogP contribution in [0.3, 0.4) is 0 Å². The van der Waals surface area contributed by atoms with E-state index in [0.717, 1.165) is 6.04 Å². The smallest absolute Gasteiger partial charge is 0.334 e. The summed E-state index contributed by atoms with van der Waals surface area (Å²) < 4.78 is 10.3. The molecule has 0 atom stereocenters. The van der Waals surface area contributed by atoms with Gasteiger partial charge in [0.2, 0.25) is 0 Å². The summed E-state index contributed by atoms with van der Waals surface area (Å²) in [5.41, 5.74) is 1.32. The van der Waals surface area contributed by atoms with Crippen LogP contribution in [-0.2, 0) is 8.85 Å². The van der Waals surface area contributed by atoms with Gasteiger partial charge in [-0.15, -0.1) is 0 Å². The molecule has 1 aromatic carbocycles. The molecule has 0 fully saturated rings. The van der Waals surface area contributed by atoms with Crippen molar-refractivity contribution in [1.29, 1.82) is 0 Å². The largest absolute Gasteiger partial charge is 0.398 e. The normalized spacial score (nSPS) is 10.5. The molecular formula is C12H22O2Si. The second kappa shape index (κ2) is 7.62. The van der Waals surface area contributed by atoms with Gasteiger partial charge in [0.15, 0.2) is 0 Å². The van der Waals surface area contributed by atoms with Gasteiger partial charge in [-0.3, -0.25) is 0 Å².